The van der Waals surface area contributed by atoms with Gasteiger partial charge in [-0.3, -0.25) is 9.59 Å². The van der Waals surface area contributed by atoms with Gasteiger partial charge in [-0.1, -0.05) is 43.7 Å². The Labute approximate surface area is 204 Å². The minimum absolute atomic E-state index is 0.0384. The number of nitrogens with one attached hydrogen (secondary N) is 1. The Kier molecular flexibility index (Phi) is 7.77. The maximum atomic E-state index is 12.8. The van der Waals surface area contributed by atoms with Crippen LogP contribution >= 0.6 is 11.8 Å². The molecule has 2 aromatic rings. The summed E-state index contributed by atoms with van der Waals surface area (Å²) in [5.41, 5.74) is 3.28. The number of methoxy groups -OCH3 is 2. The number of ether oxygens (including phenoxy) is 2. The molecular weight excluding hydrogens is 450 g/mol. The molecule has 2 aromatic carbocycles. The van der Waals surface area contributed by atoms with Gasteiger partial charge in [0.15, 0.2) is 11.5 Å². The van der Waals surface area contributed by atoms with Gasteiger partial charge in [-0.2, -0.15) is 5.10 Å². The van der Waals surface area contributed by atoms with Crippen LogP contribution < -0.4 is 14.8 Å². The van der Waals surface area contributed by atoms with Gasteiger partial charge in [-0.15, -0.1) is 0 Å². The van der Waals surface area contributed by atoms with Crippen LogP contribution in [0.2, 0.25) is 0 Å². The quantitative estimate of drug-likeness (QED) is 0.559. The molecule has 4 rings (SSSR count). The minimum Gasteiger partial charge on any atom is -0.493 e. The Hall–Kier alpha value is -3.00. The summed E-state index contributed by atoms with van der Waals surface area (Å²) in [5.74, 6) is 1.23. The van der Waals surface area contributed by atoms with E-state index in [-0.39, 0.29) is 22.4 Å². The second kappa shape index (κ2) is 11.0. The molecule has 0 bridgehead atoms. The van der Waals surface area contributed by atoms with Gasteiger partial charge >= 0.3 is 5.24 Å². The lowest BCUT2D eigenvalue weighted by Gasteiger charge is -2.28. The summed E-state index contributed by atoms with van der Waals surface area (Å²) in [6.45, 7) is 2.38. The Morgan fingerprint density at radius 1 is 1.09 bits per heavy atom. The predicted molar refractivity (Wildman–Crippen MR) is 135 cm³/mol. The maximum Gasteiger partial charge on any atom is 0.302 e. The summed E-state index contributed by atoms with van der Waals surface area (Å²) in [5, 5.41) is 9.22. The molecule has 0 aromatic heterocycles. The Bertz CT molecular complexity index is 1060. The number of carbonyl (C=O) groups is 2. The standard InChI is InChI=1S/C26H31N3O4S/c1-4-23-24(19-13-14-21(32-2)22(15-19)33-3)28-29(26(31)34-23)16-17-9-11-18(12-10-17)25(30)27-20-7-5-6-8-20/h9-15,20,23H,4-8,16H2,1-3H3,(H,27,30). The molecular formula is C26H31N3O4S. The maximum absolute atomic E-state index is 12.8. The van der Waals surface area contributed by atoms with Crippen molar-refractivity contribution in [2.75, 3.05) is 14.2 Å². The van der Waals surface area contributed by atoms with E-state index < -0.39 is 0 Å². The first-order valence-electron chi connectivity index (χ1n) is 11.7. The van der Waals surface area contributed by atoms with Gasteiger partial charge in [-0.25, -0.2) is 5.01 Å². The molecule has 1 atom stereocenters. The average molecular weight is 482 g/mol. The second-order valence-corrected chi connectivity index (χ2v) is 9.70. The number of hydrazone groups is 1. The van der Waals surface area contributed by atoms with Crippen LogP contribution in [0.3, 0.4) is 0 Å². The minimum atomic E-state index is -0.0841. The van der Waals surface area contributed by atoms with Crippen molar-refractivity contribution in [1.29, 1.82) is 0 Å². The third kappa shape index (κ3) is 5.38. The normalized spacial score (nSPS) is 18.6. The van der Waals surface area contributed by atoms with Gasteiger partial charge in [-0.05, 0) is 55.2 Å². The van der Waals surface area contributed by atoms with Gasteiger partial charge in [0.25, 0.3) is 5.91 Å². The van der Waals surface area contributed by atoms with Crippen molar-refractivity contribution >= 4 is 28.6 Å². The van der Waals surface area contributed by atoms with Crippen LogP contribution in [-0.4, -0.2) is 47.4 Å². The largest absolute Gasteiger partial charge is 0.493 e. The zero-order valence-electron chi connectivity index (χ0n) is 19.9. The molecule has 180 valence electrons. The fraction of sp³-hybridized carbons (Fsp3) is 0.423. The third-order valence-corrected chi connectivity index (χ3v) is 7.53. The van der Waals surface area contributed by atoms with Gasteiger partial charge < -0.3 is 14.8 Å². The van der Waals surface area contributed by atoms with Crippen LogP contribution in [0, 0.1) is 0 Å². The van der Waals surface area contributed by atoms with Crippen molar-refractivity contribution in [3.63, 3.8) is 0 Å². The number of nitrogens with zero attached hydrogens (tertiary/aromatic N) is 2. The van der Waals surface area contributed by atoms with Crippen molar-refractivity contribution in [3.8, 4) is 11.5 Å². The summed E-state index contributed by atoms with van der Waals surface area (Å²) in [4.78, 5) is 25.3. The summed E-state index contributed by atoms with van der Waals surface area (Å²) < 4.78 is 10.8. The van der Waals surface area contributed by atoms with E-state index in [1.165, 1.54) is 29.6 Å². The summed E-state index contributed by atoms with van der Waals surface area (Å²) in [7, 11) is 3.20. The van der Waals surface area contributed by atoms with E-state index in [2.05, 4.69) is 5.32 Å². The van der Waals surface area contributed by atoms with Crippen molar-refractivity contribution in [1.82, 2.24) is 10.3 Å². The number of amides is 2. The molecule has 34 heavy (non-hydrogen) atoms. The van der Waals surface area contributed by atoms with Crippen LogP contribution in [0.25, 0.3) is 0 Å². The van der Waals surface area contributed by atoms with E-state index in [9.17, 15) is 9.59 Å². The molecule has 2 amide bonds. The van der Waals surface area contributed by atoms with Crippen LogP contribution in [0.15, 0.2) is 47.6 Å². The van der Waals surface area contributed by atoms with E-state index >= 15 is 0 Å². The second-order valence-electron chi connectivity index (χ2n) is 8.55. The first-order chi connectivity index (χ1) is 16.5. The van der Waals surface area contributed by atoms with Crippen molar-refractivity contribution in [3.05, 3.63) is 59.2 Å². The van der Waals surface area contributed by atoms with E-state index in [0.717, 1.165) is 36.1 Å². The molecule has 1 heterocycles. The van der Waals surface area contributed by atoms with Gasteiger partial charge in [0.1, 0.15) is 0 Å². The Balaban J connectivity index is 1.51. The molecule has 1 N–H and O–H groups in total. The fourth-order valence-corrected chi connectivity index (χ4v) is 5.29. The van der Waals surface area contributed by atoms with Crippen LogP contribution in [-0.2, 0) is 6.54 Å². The van der Waals surface area contributed by atoms with E-state index in [4.69, 9.17) is 14.6 Å². The highest BCUT2D eigenvalue weighted by atomic mass is 32.2. The molecule has 2 aliphatic rings. The molecule has 1 unspecified atom stereocenters. The van der Waals surface area contributed by atoms with Crippen LogP contribution in [0.5, 0.6) is 11.5 Å². The highest BCUT2D eigenvalue weighted by Crippen LogP contribution is 2.33. The molecule has 0 saturated heterocycles. The summed E-state index contributed by atoms with van der Waals surface area (Å²) >= 11 is 1.29. The molecule has 8 heteroatoms. The highest BCUT2D eigenvalue weighted by Gasteiger charge is 2.30. The number of benzene rings is 2. The number of rotatable bonds is 8. The number of hydrogen-bond donors (Lipinski definition) is 1. The van der Waals surface area contributed by atoms with Crippen LogP contribution in [0.1, 0.15) is 60.5 Å². The van der Waals surface area contributed by atoms with E-state index in [0.29, 0.717) is 23.6 Å². The lowest BCUT2D eigenvalue weighted by molar-refractivity contribution is 0.0938. The average Bonchev–Trinajstić information content (AvgIpc) is 3.38. The summed E-state index contributed by atoms with van der Waals surface area (Å²) in [6, 6.07) is 13.4. The van der Waals surface area contributed by atoms with E-state index in [1.54, 1.807) is 14.2 Å². The lowest BCUT2D eigenvalue weighted by Crippen LogP contribution is -2.35. The molecule has 1 aliphatic heterocycles. The zero-order valence-corrected chi connectivity index (χ0v) is 20.7. The predicted octanol–water partition coefficient (Wildman–Crippen LogP) is 5.23. The highest BCUT2D eigenvalue weighted by molar-refractivity contribution is 8.14. The smallest absolute Gasteiger partial charge is 0.302 e. The molecule has 0 radical (unpaired) electrons. The number of thioether (sulfide) groups is 1. The molecule has 1 saturated carbocycles. The SMILES string of the molecule is CCC1SC(=O)N(Cc2ccc(C(=O)NC3CCCC3)cc2)N=C1c1ccc(OC)c(OC)c1. The van der Waals surface area contributed by atoms with Crippen LogP contribution in [0.4, 0.5) is 4.79 Å². The van der Waals surface area contributed by atoms with Gasteiger partial charge in [0.2, 0.25) is 0 Å². The third-order valence-electron chi connectivity index (χ3n) is 6.28. The first kappa shape index (κ1) is 24.1. The number of carbonyl (C=O) groups excluding carboxylic acids is 2. The molecule has 1 fully saturated rings. The van der Waals surface area contributed by atoms with Crippen molar-refractivity contribution in [2.45, 2.75) is 56.9 Å². The van der Waals surface area contributed by atoms with E-state index in [1.807, 2.05) is 49.4 Å². The molecule has 7 nitrogen and oxygen atoms in total. The van der Waals surface area contributed by atoms with Crippen molar-refractivity contribution in [2.24, 2.45) is 5.10 Å². The first-order valence-corrected chi connectivity index (χ1v) is 12.6. The summed E-state index contributed by atoms with van der Waals surface area (Å²) in [6.07, 6.45) is 5.24. The number of hydrogen-bond acceptors (Lipinski definition) is 6. The monoisotopic (exact) mass is 481 g/mol. The zero-order chi connectivity index (χ0) is 24.1. The van der Waals surface area contributed by atoms with Crippen molar-refractivity contribution < 1.29 is 19.1 Å². The fourth-order valence-electron chi connectivity index (χ4n) is 4.36. The van der Waals surface area contributed by atoms with Gasteiger partial charge in [0, 0.05) is 17.2 Å². The topological polar surface area (TPSA) is 80.2 Å². The lowest BCUT2D eigenvalue weighted by atomic mass is 10.0. The molecule has 0 spiro atoms. The Morgan fingerprint density at radius 3 is 2.44 bits per heavy atom. The van der Waals surface area contributed by atoms with Gasteiger partial charge in [0.05, 0.1) is 31.7 Å². The molecule has 1 aliphatic carbocycles. The Morgan fingerprint density at radius 2 is 1.79 bits per heavy atom.